The van der Waals surface area contributed by atoms with Gasteiger partial charge in [-0.25, -0.2) is 9.97 Å². The van der Waals surface area contributed by atoms with E-state index < -0.39 is 0 Å². The van der Waals surface area contributed by atoms with Crippen molar-refractivity contribution in [3.05, 3.63) is 42.5 Å². The molecule has 1 amide bonds. The number of likely N-dealkylation sites (tertiary alicyclic amines) is 1. The Kier molecular flexibility index (Phi) is 6.31. The van der Waals surface area contributed by atoms with E-state index in [1.54, 1.807) is 18.6 Å². The van der Waals surface area contributed by atoms with E-state index in [9.17, 15) is 4.79 Å². The third kappa shape index (κ3) is 5.27. The predicted molar refractivity (Wildman–Crippen MR) is 110 cm³/mol. The first-order valence-electron chi connectivity index (χ1n) is 10.3. The molecule has 154 valence electrons. The quantitative estimate of drug-likeness (QED) is 0.830. The summed E-state index contributed by atoms with van der Waals surface area (Å²) >= 11 is 0. The van der Waals surface area contributed by atoms with Gasteiger partial charge in [-0.05, 0) is 44.0 Å². The molecule has 0 saturated carbocycles. The molecule has 0 spiro atoms. The molecule has 8 nitrogen and oxygen atoms in total. The molecule has 29 heavy (non-hydrogen) atoms. The number of rotatable bonds is 5. The van der Waals surface area contributed by atoms with Crippen molar-refractivity contribution in [1.29, 1.82) is 0 Å². The van der Waals surface area contributed by atoms with Crippen LogP contribution in [0.4, 0.5) is 11.6 Å². The highest BCUT2D eigenvalue weighted by Crippen LogP contribution is 2.23. The molecule has 1 N–H and O–H groups in total. The smallest absolute Gasteiger partial charge is 0.236 e. The van der Waals surface area contributed by atoms with Crippen LogP contribution in [0.5, 0.6) is 0 Å². The van der Waals surface area contributed by atoms with Crippen LogP contribution in [0, 0.1) is 5.92 Å². The van der Waals surface area contributed by atoms with Crippen molar-refractivity contribution in [2.75, 3.05) is 44.6 Å². The van der Waals surface area contributed by atoms with Gasteiger partial charge in [0.15, 0.2) is 0 Å². The highest BCUT2D eigenvalue weighted by atomic mass is 16.5. The average Bonchev–Trinajstić information content (AvgIpc) is 2.76. The number of hydrogen-bond donors (Lipinski definition) is 1. The molecule has 0 radical (unpaired) electrons. The zero-order valence-electron chi connectivity index (χ0n) is 16.8. The maximum Gasteiger partial charge on any atom is 0.236 e. The topological polar surface area (TPSA) is 83.5 Å². The minimum Gasteiger partial charge on any atom is -0.368 e. The summed E-state index contributed by atoms with van der Waals surface area (Å²) in [5, 5.41) is 3.15. The molecule has 0 aromatic carbocycles. The van der Waals surface area contributed by atoms with Crippen molar-refractivity contribution in [2.45, 2.75) is 25.9 Å². The Hall–Kier alpha value is -2.58. The molecule has 0 bridgehead atoms. The normalized spacial score (nSPS) is 21.1. The number of morpholine rings is 1. The first-order chi connectivity index (χ1) is 14.2. The van der Waals surface area contributed by atoms with Gasteiger partial charge in [-0.2, -0.15) is 0 Å². The Bertz CT molecular complexity index is 810. The number of carbonyl (C=O) groups is 1. The van der Waals surface area contributed by atoms with E-state index in [-0.39, 0.29) is 12.0 Å². The molecule has 0 unspecified atom stereocenters. The molecular formula is C21H28N6O2. The Morgan fingerprint density at radius 2 is 2.07 bits per heavy atom. The highest BCUT2D eigenvalue weighted by Gasteiger charge is 2.28. The van der Waals surface area contributed by atoms with Gasteiger partial charge < -0.3 is 15.0 Å². The lowest BCUT2D eigenvalue weighted by molar-refractivity contribution is -0.140. The average molecular weight is 396 g/mol. The molecule has 2 aromatic heterocycles. The van der Waals surface area contributed by atoms with E-state index in [1.807, 2.05) is 23.1 Å². The second-order valence-corrected chi connectivity index (χ2v) is 7.82. The number of aromatic nitrogens is 3. The van der Waals surface area contributed by atoms with E-state index in [4.69, 9.17) is 4.74 Å². The van der Waals surface area contributed by atoms with Crippen LogP contribution in [0.2, 0.25) is 0 Å². The third-order valence-corrected chi connectivity index (χ3v) is 5.57. The number of pyridine rings is 1. The second-order valence-electron chi connectivity index (χ2n) is 7.82. The fraction of sp³-hybridized carbons (Fsp3) is 0.524. The maximum atomic E-state index is 12.8. The van der Waals surface area contributed by atoms with Crippen molar-refractivity contribution in [3.8, 4) is 0 Å². The number of nitrogens with one attached hydrogen (secondary N) is 1. The number of carbonyl (C=O) groups excluding carboxylic acids is 1. The summed E-state index contributed by atoms with van der Waals surface area (Å²) in [6.07, 6.45) is 7.03. The van der Waals surface area contributed by atoms with E-state index in [1.165, 1.54) is 12.8 Å². The van der Waals surface area contributed by atoms with Crippen LogP contribution in [0.3, 0.4) is 0 Å². The first-order valence-corrected chi connectivity index (χ1v) is 10.3. The van der Waals surface area contributed by atoms with Gasteiger partial charge in [-0.1, -0.05) is 13.0 Å². The minimum absolute atomic E-state index is 0.182. The van der Waals surface area contributed by atoms with Crippen molar-refractivity contribution in [1.82, 2.24) is 24.8 Å². The molecule has 2 aromatic rings. The summed E-state index contributed by atoms with van der Waals surface area (Å²) < 4.78 is 5.93. The van der Waals surface area contributed by atoms with Crippen LogP contribution in [-0.2, 0) is 9.53 Å². The summed E-state index contributed by atoms with van der Waals surface area (Å²) in [6.45, 7) is 6.50. The van der Waals surface area contributed by atoms with E-state index in [0.29, 0.717) is 37.9 Å². The SMILES string of the molecule is CC1CCN(CC(=O)N2CCO[C@H](c3cccc(Nc4cnccn4)n3)C2)CC1. The molecule has 0 aliphatic carbocycles. The molecule has 1 atom stereocenters. The Morgan fingerprint density at radius 3 is 2.86 bits per heavy atom. The van der Waals surface area contributed by atoms with Crippen LogP contribution in [-0.4, -0.2) is 70.0 Å². The summed E-state index contributed by atoms with van der Waals surface area (Å²) in [4.78, 5) is 29.9. The third-order valence-electron chi connectivity index (χ3n) is 5.57. The van der Waals surface area contributed by atoms with Crippen LogP contribution < -0.4 is 5.32 Å². The minimum atomic E-state index is -0.224. The number of amides is 1. The van der Waals surface area contributed by atoms with Crippen LogP contribution in [0.1, 0.15) is 31.6 Å². The van der Waals surface area contributed by atoms with Gasteiger partial charge >= 0.3 is 0 Å². The molecule has 2 aliphatic heterocycles. The van der Waals surface area contributed by atoms with Crippen molar-refractivity contribution < 1.29 is 9.53 Å². The van der Waals surface area contributed by atoms with Crippen LogP contribution in [0.15, 0.2) is 36.8 Å². The number of piperidine rings is 1. The van der Waals surface area contributed by atoms with E-state index >= 15 is 0 Å². The molecule has 4 heterocycles. The summed E-state index contributed by atoms with van der Waals surface area (Å²) in [5.41, 5.74) is 0.809. The van der Waals surface area contributed by atoms with Gasteiger partial charge in [-0.15, -0.1) is 0 Å². The van der Waals surface area contributed by atoms with Gasteiger partial charge in [0.25, 0.3) is 0 Å². The molecule has 2 aliphatic rings. The first kappa shape index (κ1) is 19.7. The van der Waals surface area contributed by atoms with Crippen molar-refractivity contribution >= 4 is 17.5 Å². The zero-order chi connectivity index (χ0) is 20.1. The van der Waals surface area contributed by atoms with Gasteiger partial charge in [-0.3, -0.25) is 14.7 Å². The van der Waals surface area contributed by atoms with E-state index in [2.05, 4.69) is 32.1 Å². The molecule has 8 heteroatoms. The Labute approximate surface area is 171 Å². The molecule has 2 saturated heterocycles. The van der Waals surface area contributed by atoms with Gasteiger partial charge in [0.2, 0.25) is 5.91 Å². The number of ether oxygens (including phenoxy) is 1. The van der Waals surface area contributed by atoms with E-state index in [0.717, 1.165) is 24.7 Å². The second kappa shape index (κ2) is 9.28. The molecule has 2 fully saturated rings. The summed E-state index contributed by atoms with van der Waals surface area (Å²) in [6, 6.07) is 5.74. The monoisotopic (exact) mass is 396 g/mol. The lowest BCUT2D eigenvalue weighted by Crippen LogP contribution is -2.48. The summed E-state index contributed by atoms with van der Waals surface area (Å²) in [5.74, 6) is 2.26. The van der Waals surface area contributed by atoms with Crippen LogP contribution >= 0.6 is 0 Å². The predicted octanol–water partition coefficient (Wildman–Crippen LogP) is 2.25. The molecular weight excluding hydrogens is 368 g/mol. The van der Waals surface area contributed by atoms with Crippen LogP contribution in [0.25, 0.3) is 0 Å². The lowest BCUT2D eigenvalue weighted by Gasteiger charge is -2.35. The van der Waals surface area contributed by atoms with Gasteiger partial charge in [0.1, 0.15) is 17.7 Å². The Morgan fingerprint density at radius 1 is 1.21 bits per heavy atom. The number of nitrogens with zero attached hydrogens (tertiary/aromatic N) is 5. The largest absolute Gasteiger partial charge is 0.368 e. The maximum absolute atomic E-state index is 12.8. The lowest BCUT2D eigenvalue weighted by atomic mass is 9.99. The number of anilines is 2. The zero-order valence-corrected chi connectivity index (χ0v) is 16.8. The fourth-order valence-electron chi connectivity index (χ4n) is 3.76. The number of hydrogen-bond acceptors (Lipinski definition) is 7. The van der Waals surface area contributed by atoms with Crippen molar-refractivity contribution in [2.24, 2.45) is 5.92 Å². The highest BCUT2D eigenvalue weighted by molar-refractivity contribution is 5.78. The Balaban J connectivity index is 1.36. The summed E-state index contributed by atoms with van der Waals surface area (Å²) in [7, 11) is 0. The van der Waals surface area contributed by atoms with Gasteiger partial charge in [0, 0.05) is 18.9 Å². The molecule has 4 rings (SSSR count). The fourth-order valence-corrected chi connectivity index (χ4v) is 3.76. The standard InChI is InChI=1S/C21H28N6O2/c1-16-5-9-26(10-6-16)15-21(28)27-11-12-29-18(14-27)17-3-2-4-19(24-17)25-20-13-22-7-8-23-20/h2-4,7-8,13,16,18H,5-6,9-12,14-15H2,1H3,(H,23,24,25)/t18-/m0/s1. The van der Waals surface area contributed by atoms with Gasteiger partial charge in [0.05, 0.1) is 31.6 Å². The van der Waals surface area contributed by atoms with Crippen molar-refractivity contribution in [3.63, 3.8) is 0 Å².